The van der Waals surface area contributed by atoms with Gasteiger partial charge in [0, 0.05) is 24.6 Å². The van der Waals surface area contributed by atoms with Gasteiger partial charge in [0.1, 0.15) is 5.82 Å². The fourth-order valence-electron chi connectivity index (χ4n) is 3.19. The Morgan fingerprint density at radius 2 is 1.64 bits per heavy atom. The summed E-state index contributed by atoms with van der Waals surface area (Å²) in [6.07, 6.45) is 2.12. The van der Waals surface area contributed by atoms with Crippen LogP contribution in [0.3, 0.4) is 0 Å². The Morgan fingerprint density at radius 1 is 1.04 bits per heavy atom. The van der Waals surface area contributed by atoms with Crippen LogP contribution in [0.15, 0.2) is 42.5 Å². The molecule has 1 N–H and O–H groups in total. The van der Waals surface area contributed by atoms with E-state index in [0.29, 0.717) is 16.8 Å². The predicted octanol–water partition coefficient (Wildman–Crippen LogP) is 4.11. The lowest BCUT2D eigenvalue weighted by molar-refractivity contribution is 0.0696. The molecule has 0 bridgehead atoms. The van der Waals surface area contributed by atoms with Crippen LogP contribution in [0, 0.1) is 5.82 Å². The minimum atomic E-state index is -1.01. The molecular formula is C20H20FNO3. The summed E-state index contributed by atoms with van der Waals surface area (Å²) in [6, 6.07) is 10.8. The van der Waals surface area contributed by atoms with Crippen molar-refractivity contribution >= 4 is 17.4 Å². The number of Topliss-reactive ketones (excluding diaryl/α,β-unsaturated/α-hetero) is 1. The summed E-state index contributed by atoms with van der Waals surface area (Å²) in [4.78, 5) is 25.6. The van der Waals surface area contributed by atoms with Crippen molar-refractivity contribution < 1.29 is 19.1 Å². The highest BCUT2D eigenvalue weighted by Gasteiger charge is 2.21. The molecule has 1 saturated heterocycles. The largest absolute Gasteiger partial charge is 0.478 e. The van der Waals surface area contributed by atoms with E-state index in [1.807, 2.05) is 4.90 Å². The van der Waals surface area contributed by atoms with Crippen molar-refractivity contribution in [3.05, 3.63) is 65.0 Å². The van der Waals surface area contributed by atoms with Crippen molar-refractivity contribution in [1.29, 1.82) is 0 Å². The van der Waals surface area contributed by atoms with Crippen LogP contribution in [-0.2, 0) is 0 Å². The number of rotatable bonds is 5. The number of benzene rings is 2. The van der Waals surface area contributed by atoms with Gasteiger partial charge in [-0.2, -0.15) is 0 Å². The molecule has 0 amide bonds. The molecule has 3 rings (SSSR count). The smallest absolute Gasteiger partial charge is 0.335 e. The summed E-state index contributed by atoms with van der Waals surface area (Å²) in [5.41, 5.74) is 1.76. The van der Waals surface area contributed by atoms with Crippen molar-refractivity contribution in [1.82, 2.24) is 0 Å². The highest BCUT2D eigenvalue weighted by Crippen LogP contribution is 2.27. The molecule has 25 heavy (non-hydrogen) atoms. The van der Waals surface area contributed by atoms with E-state index in [1.165, 1.54) is 18.2 Å². The first-order valence-electron chi connectivity index (χ1n) is 8.39. The van der Waals surface area contributed by atoms with Gasteiger partial charge in [0.2, 0.25) is 0 Å². The molecule has 130 valence electrons. The highest BCUT2D eigenvalue weighted by molar-refractivity contribution is 6.01. The second kappa shape index (κ2) is 7.05. The molecule has 0 spiro atoms. The predicted molar refractivity (Wildman–Crippen MR) is 94.0 cm³/mol. The first kappa shape index (κ1) is 17.1. The molecule has 1 atom stereocenters. The molecule has 4 nitrogen and oxygen atoms in total. The van der Waals surface area contributed by atoms with E-state index in [2.05, 4.69) is 0 Å². The Kier molecular flexibility index (Phi) is 4.83. The fraction of sp³-hybridized carbons (Fsp3) is 0.300. The number of ketones is 1. The number of aromatic carboxylic acids is 1. The number of nitrogens with zero attached hydrogens (tertiary/aromatic N) is 1. The topological polar surface area (TPSA) is 57.6 Å². The molecule has 2 aromatic rings. The van der Waals surface area contributed by atoms with Gasteiger partial charge in [0.05, 0.1) is 11.3 Å². The van der Waals surface area contributed by atoms with Crippen LogP contribution in [0.2, 0.25) is 0 Å². The van der Waals surface area contributed by atoms with Gasteiger partial charge in [-0.25, -0.2) is 9.18 Å². The Morgan fingerprint density at radius 3 is 2.20 bits per heavy atom. The van der Waals surface area contributed by atoms with Crippen molar-refractivity contribution in [3.63, 3.8) is 0 Å². The average Bonchev–Trinajstić information content (AvgIpc) is 3.14. The van der Waals surface area contributed by atoms with Gasteiger partial charge in [0.25, 0.3) is 0 Å². The van der Waals surface area contributed by atoms with Crippen LogP contribution < -0.4 is 4.90 Å². The molecule has 0 aliphatic carbocycles. The maximum atomic E-state index is 14.4. The number of carbonyl (C=O) groups is 2. The zero-order valence-corrected chi connectivity index (χ0v) is 14.0. The van der Waals surface area contributed by atoms with E-state index < -0.39 is 11.9 Å². The van der Waals surface area contributed by atoms with Gasteiger partial charge >= 0.3 is 5.97 Å². The standard InChI is InChI=1S/C20H20FNO3/c1-13(14-4-6-15(7-5-14)20(24)25)19(23)16-8-9-18(17(21)12-16)22-10-2-3-11-22/h4-9,12-13H,2-3,10-11H2,1H3,(H,24,25). The third-order valence-corrected chi connectivity index (χ3v) is 4.73. The Balaban J connectivity index is 1.79. The van der Waals surface area contributed by atoms with Crippen molar-refractivity contribution in [3.8, 4) is 0 Å². The zero-order chi connectivity index (χ0) is 18.0. The fourth-order valence-corrected chi connectivity index (χ4v) is 3.19. The summed E-state index contributed by atoms with van der Waals surface area (Å²) < 4.78 is 14.4. The third-order valence-electron chi connectivity index (χ3n) is 4.73. The summed E-state index contributed by atoms with van der Waals surface area (Å²) in [5, 5.41) is 8.94. The number of halogens is 1. The maximum absolute atomic E-state index is 14.4. The number of hydrogen-bond acceptors (Lipinski definition) is 3. The van der Waals surface area contributed by atoms with Crippen molar-refractivity contribution in [2.45, 2.75) is 25.7 Å². The van der Waals surface area contributed by atoms with E-state index >= 15 is 0 Å². The van der Waals surface area contributed by atoms with Crippen LogP contribution in [0.1, 0.15) is 52.0 Å². The summed E-state index contributed by atoms with van der Waals surface area (Å²) in [5.74, 6) is -2.04. The van der Waals surface area contributed by atoms with Gasteiger partial charge in [-0.05, 0) is 48.7 Å². The molecule has 0 aromatic heterocycles. The molecule has 1 aliphatic heterocycles. The minimum absolute atomic E-state index is 0.171. The summed E-state index contributed by atoms with van der Waals surface area (Å²) in [6.45, 7) is 3.43. The Hall–Kier alpha value is -2.69. The molecule has 5 heteroatoms. The quantitative estimate of drug-likeness (QED) is 0.832. The lowest BCUT2D eigenvalue weighted by Gasteiger charge is -2.19. The number of carbonyl (C=O) groups excluding carboxylic acids is 1. The number of hydrogen-bond donors (Lipinski definition) is 1. The first-order chi connectivity index (χ1) is 12.0. The minimum Gasteiger partial charge on any atom is -0.478 e. The number of carboxylic acid groups (broad SMARTS) is 1. The van der Waals surface area contributed by atoms with Crippen LogP contribution in [0.4, 0.5) is 10.1 Å². The summed E-state index contributed by atoms with van der Waals surface area (Å²) >= 11 is 0. The molecular weight excluding hydrogens is 321 g/mol. The van der Waals surface area contributed by atoms with E-state index in [4.69, 9.17) is 5.11 Å². The second-order valence-electron chi connectivity index (χ2n) is 6.37. The lowest BCUT2D eigenvalue weighted by atomic mass is 9.91. The normalized spacial score (nSPS) is 15.2. The van der Waals surface area contributed by atoms with E-state index in [9.17, 15) is 14.0 Å². The van der Waals surface area contributed by atoms with E-state index in [1.54, 1.807) is 31.2 Å². The van der Waals surface area contributed by atoms with Gasteiger partial charge in [0.15, 0.2) is 5.78 Å². The van der Waals surface area contributed by atoms with E-state index in [-0.39, 0.29) is 17.2 Å². The van der Waals surface area contributed by atoms with Crippen molar-refractivity contribution in [2.24, 2.45) is 0 Å². The van der Waals surface area contributed by atoms with Crippen molar-refractivity contribution in [2.75, 3.05) is 18.0 Å². The SMILES string of the molecule is CC(C(=O)c1ccc(N2CCCC2)c(F)c1)c1ccc(C(=O)O)cc1. The highest BCUT2D eigenvalue weighted by atomic mass is 19.1. The molecule has 1 aliphatic rings. The molecule has 1 heterocycles. The third kappa shape index (κ3) is 3.55. The van der Waals surface area contributed by atoms with Crippen LogP contribution in [0.5, 0.6) is 0 Å². The number of carboxylic acids is 1. The van der Waals surface area contributed by atoms with E-state index in [0.717, 1.165) is 25.9 Å². The lowest BCUT2D eigenvalue weighted by Crippen LogP contribution is -2.19. The Bertz CT molecular complexity index is 795. The molecule has 2 aromatic carbocycles. The number of anilines is 1. The average molecular weight is 341 g/mol. The molecule has 1 unspecified atom stereocenters. The first-order valence-corrected chi connectivity index (χ1v) is 8.39. The second-order valence-corrected chi connectivity index (χ2v) is 6.37. The van der Waals surface area contributed by atoms with Crippen LogP contribution in [-0.4, -0.2) is 29.9 Å². The van der Waals surface area contributed by atoms with Crippen LogP contribution in [0.25, 0.3) is 0 Å². The molecule has 0 radical (unpaired) electrons. The van der Waals surface area contributed by atoms with Gasteiger partial charge in [-0.1, -0.05) is 19.1 Å². The molecule has 1 fully saturated rings. The van der Waals surface area contributed by atoms with Gasteiger partial charge < -0.3 is 10.0 Å². The summed E-state index contributed by atoms with van der Waals surface area (Å²) in [7, 11) is 0. The monoisotopic (exact) mass is 341 g/mol. The van der Waals surface area contributed by atoms with Gasteiger partial charge in [-0.15, -0.1) is 0 Å². The Labute approximate surface area is 145 Å². The maximum Gasteiger partial charge on any atom is 0.335 e. The zero-order valence-electron chi connectivity index (χ0n) is 14.0. The van der Waals surface area contributed by atoms with Gasteiger partial charge in [-0.3, -0.25) is 4.79 Å². The van der Waals surface area contributed by atoms with Crippen LogP contribution >= 0.6 is 0 Å². The molecule has 0 saturated carbocycles.